The number of phenolic OH excluding ortho intramolecular Hbond substituents is 1. The monoisotopic (exact) mass is 343 g/mol. The Hall–Kier alpha value is -1.63. The molecule has 0 spiro atoms. The topological polar surface area (TPSA) is 97.5 Å². The molecule has 1 aromatic carbocycles. The van der Waals surface area contributed by atoms with E-state index in [0.29, 0.717) is 6.26 Å². The van der Waals surface area contributed by atoms with Gasteiger partial charge >= 0.3 is 15.9 Å². The molecule has 20 heavy (non-hydrogen) atoms. The van der Waals surface area contributed by atoms with Gasteiger partial charge in [0.25, 0.3) is 0 Å². The van der Waals surface area contributed by atoms with E-state index in [9.17, 15) is 43.1 Å². The second kappa shape index (κ2) is 3.52. The van der Waals surface area contributed by atoms with Gasteiger partial charge in [-0.15, -0.1) is 0 Å². The van der Waals surface area contributed by atoms with Crippen molar-refractivity contribution in [3.8, 4) is 5.75 Å². The van der Waals surface area contributed by atoms with Crippen molar-refractivity contribution in [3.63, 3.8) is 0 Å². The van der Waals surface area contributed by atoms with E-state index in [1.54, 1.807) is 0 Å². The standard InChI is InChI=1S/C7H6F5NO5S2/c1-19(17,18)6-3-4(20(8,9,10,11)12)2-5(7(6)14)13(15)16/h2-3,14H,1H3. The molecule has 0 radical (unpaired) electrons. The number of nitrogens with zero attached hydrogens (tertiary/aromatic N) is 1. The predicted molar refractivity (Wildman–Crippen MR) is 59.3 cm³/mol. The fourth-order valence-corrected chi connectivity index (χ4v) is 2.76. The van der Waals surface area contributed by atoms with Gasteiger partial charge in [-0.1, -0.05) is 19.4 Å². The average Bonchev–Trinajstić information content (AvgIpc) is 2.10. The minimum absolute atomic E-state index is 0.307. The quantitative estimate of drug-likeness (QED) is 0.515. The number of halogens is 5. The van der Waals surface area contributed by atoms with Crippen molar-refractivity contribution in [1.82, 2.24) is 0 Å². The molecule has 0 bridgehead atoms. The molecule has 0 aliphatic rings. The molecule has 0 aliphatic carbocycles. The van der Waals surface area contributed by atoms with Gasteiger partial charge in [0, 0.05) is 12.3 Å². The first kappa shape index (κ1) is 16.4. The summed E-state index contributed by atoms with van der Waals surface area (Å²) in [6, 6.07) is -1.13. The summed E-state index contributed by atoms with van der Waals surface area (Å²) >= 11 is 0. The zero-order chi connectivity index (χ0) is 16.2. The van der Waals surface area contributed by atoms with E-state index in [1.807, 2.05) is 0 Å². The summed E-state index contributed by atoms with van der Waals surface area (Å²) in [6.07, 6.45) is 0.307. The highest BCUT2D eigenvalue weighted by atomic mass is 32.5. The highest BCUT2D eigenvalue weighted by Crippen LogP contribution is 3.02. The summed E-state index contributed by atoms with van der Waals surface area (Å²) in [5.41, 5.74) is -1.78. The van der Waals surface area contributed by atoms with E-state index in [-0.39, 0.29) is 0 Å². The number of sulfone groups is 1. The Labute approximate surface area is 108 Å². The van der Waals surface area contributed by atoms with Crippen molar-refractivity contribution >= 4 is 25.7 Å². The maximum absolute atomic E-state index is 12.6. The summed E-state index contributed by atoms with van der Waals surface area (Å²) in [6.45, 7) is 0. The Morgan fingerprint density at radius 2 is 1.65 bits per heavy atom. The van der Waals surface area contributed by atoms with Gasteiger partial charge in [0.1, 0.15) is 9.79 Å². The summed E-state index contributed by atoms with van der Waals surface area (Å²) in [5, 5.41) is 19.7. The third-order valence-corrected chi connectivity index (χ3v) is 4.31. The molecular weight excluding hydrogens is 337 g/mol. The van der Waals surface area contributed by atoms with Crippen LogP contribution in [0.4, 0.5) is 25.1 Å². The molecule has 1 rings (SSSR count). The number of aromatic hydroxyl groups is 1. The molecule has 6 nitrogen and oxygen atoms in total. The summed E-state index contributed by atoms with van der Waals surface area (Å²) in [7, 11) is -14.9. The van der Waals surface area contributed by atoms with Gasteiger partial charge in [0.2, 0.25) is 5.75 Å². The molecule has 0 fully saturated rings. The van der Waals surface area contributed by atoms with E-state index in [1.165, 1.54) is 0 Å². The second-order valence-electron chi connectivity index (χ2n) is 3.79. The molecule has 0 saturated heterocycles. The minimum atomic E-state index is -10.3. The van der Waals surface area contributed by atoms with Gasteiger partial charge in [-0.2, -0.15) is 0 Å². The number of hydrogen-bond acceptors (Lipinski definition) is 5. The molecule has 0 amide bonds. The Balaban J connectivity index is 3.97. The maximum atomic E-state index is 12.6. The lowest BCUT2D eigenvalue weighted by atomic mass is 10.3. The molecule has 0 aromatic heterocycles. The van der Waals surface area contributed by atoms with Gasteiger partial charge in [0.05, 0.1) is 4.92 Å². The van der Waals surface area contributed by atoms with Crippen LogP contribution in [-0.2, 0) is 9.84 Å². The van der Waals surface area contributed by atoms with E-state index in [4.69, 9.17) is 0 Å². The molecule has 0 saturated carbocycles. The zero-order valence-corrected chi connectivity index (χ0v) is 11.0. The van der Waals surface area contributed by atoms with Crippen LogP contribution in [0.5, 0.6) is 5.75 Å². The highest BCUT2D eigenvalue weighted by Gasteiger charge is 2.66. The van der Waals surface area contributed by atoms with E-state index in [2.05, 4.69) is 0 Å². The van der Waals surface area contributed by atoms with E-state index < -0.39 is 58.3 Å². The number of nitro groups is 1. The van der Waals surface area contributed by atoms with Crippen LogP contribution in [0, 0.1) is 10.1 Å². The van der Waals surface area contributed by atoms with Crippen molar-refractivity contribution in [2.45, 2.75) is 9.79 Å². The Kier molecular flexibility index (Phi) is 2.89. The van der Waals surface area contributed by atoms with Gasteiger partial charge in [-0.3, -0.25) is 10.1 Å². The first-order valence-electron chi connectivity index (χ1n) is 4.39. The third-order valence-electron chi connectivity index (χ3n) is 2.07. The third kappa shape index (κ3) is 3.27. The van der Waals surface area contributed by atoms with Crippen LogP contribution < -0.4 is 0 Å². The second-order valence-corrected chi connectivity index (χ2v) is 8.18. The van der Waals surface area contributed by atoms with Gasteiger partial charge in [-0.25, -0.2) is 8.42 Å². The fourth-order valence-electron chi connectivity index (χ4n) is 1.21. The maximum Gasteiger partial charge on any atom is 0.313 e. The predicted octanol–water partition coefficient (Wildman–Crippen LogP) is 3.36. The summed E-state index contributed by atoms with van der Waals surface area (Å²) < 4.78 is 85.2. The van der Waals surface area contributed by atoms with Crippen molar-refractivity contribution in [1.29, 1.82) is 0 Å². The largest absolute Gasteiger partial charge is 0.501 e. The first-order chi connectivity index (χ1) is 8.43. The van der Waals surface area contributed by atoms with Crippen LogP contribution in [0.2, 0.25) is 0 Å². The minimum Gasteiger partial charge on any atom is -0.501 e. The SMILES string of the molecule is CS(=O)(=O)c1cc(S(F)(F)(F)(F)F)cc([N+](=O)[O-])c1O. The van der Waals surface area contributed by atoms with E-state index >= 15 is 0 Å². The number of benzene rings is 1. The smallest absolute Gasteiger partial charge is 0.313 e. The lowest BCUT2D eigenvalue weighted by Gasteiger charge is -2.40. The Morgan fingerprint density at radius 1 is 1.20 bits per heavy atom. The summed E-state index contributed by atoms with van der Waals surface area (Å²) in [4.78, 5) is 4.47. The molecular formula is C7H6F5NO5S2. The molecule has 13 heteroatoms. The van der Waals surface area contributed by atoms with Crippen LogP contribution in [0.15, 0.2) is 21.9 Å². The zero-order valence-electron chi connectivity index (χ0n) is 9.39. The van der Waals surface area contributed by atoms with Crippen LogP contribution in [0.3, 0.4) is 0 Å². The lowest BCUT2D eigenvalue weighted by Crippen LogP contribution is -2.09. The molecule has 0 atom stereocenters. The van der Waals surface area contributed by atoms with Crippen LogP contribution in [0.25, 0.3) is 0 Å². The van der Waals surface area contributed by atoms with E-state index in [0.717, 1.165) is 0 Å². The van der Waals surface area contributed by atoms with Gasteiger partial charge < -0.3 is 5.11 Å². The fraction of sp³-hybridized carbons (Fsp3) is 0.143. The lowest BCUT2D eigenvalue weighted by molar-refractivity contribution is -0.386. The Morgan fingerprint density at radius 3 is 1.95 bits per heavy atom. The number of phenols is 1. The van der Waals surface area contributed by atoms with Crippen LogP contribution >= 0.6 is 10.2 Å². The highest BCUT2D eigenvalue weighted by molar-refractivity contribution is 8.45. The normalized spacial score (nSPS) is 16.3. The van der Waals surface area contributed by atoms with Crippen molar-refractivity contribution in [2.75, 3.05) is 6.26 Å². The molecule has 0 aliphatic heterocycles. The van der Waals surface area contributed by atoms with Crippen LogP contribution in [-0.4, -0.2) is 24.7 Å². The summed E-state index contributed by atoms with van der Waals surface area (Å²) in [5.74, 6) is -1.64. The van der Waals surface area contributed by atoms with Crippen molar-refractivity contribution in [2.24, 2.45) is 0 Å². The Bertz CT molecular complexity index is 711. The van der Waals surface area contributed by atoms with Crippen LogP contribution in [0.1, 0.15) is 0 Å². The van der Waals surface area contributed by atoms with Gasteiger partial charge in [-0.05, 0) is 6.07 Å². The van der Waals surface area contributed by atoms with Gasteiger partial charge in [0.15, 0.2) is 9.84 Å². The van der Waals surface area contributed by atoms with Crippen molar-refractivity contribution < 1.29 is 37.9 Å². The first-order valence-corrected chi connectivity index (χ1v) is 8.23. The van der Waals surface area contributed by atoms with Crippen molar-refractivity contribution in [3.05, 3.63) is 22.2 Å². The number of nitro benzene ring substituents is 1. The molecule has 0 unspecified atom stereocenters. The average molecular weight is 343 g/mol. The molecule has 116 valence electrons. The number of rotatable bonds is 3. The number of hydrogen-bond donors (Lipinski definition) is 1. The molecule has 1 aromatic rings. The molecule has 1 N–H and O–H groups in total. The molecule has 0 heterocycles.